The van der Waals surface area contributed by atoms with Crippen LogP contribution < -0.4 is 15.1 Å². The smallest absolute Gasteiger partial charge is 0.295 e. The van der Waals surface area contributed by atoms with E-state index in [0.717, 1.165) is 5.56 Å². The molecule has 2 heterocycles. The molecule has 0 N–H and O–H groups in total. The first-order chi connectivity index (χ1) is 15.9. The maximum atomic E-state index is 13.6. The van der Waals surface area contributed by atoms with E-state index in [4.69, 9.17) is 9.15 Å². The number of nitro groups is 1. The Bertz CT molecular complexity index is 1510. The maximum Gasteiger partial charge on any atom is 0.295 e. The van der Waals surface area contributed by atoms with Gasteiger partial charge in [-0.15, -0.1) is 0 Å². The topological polar surface area (TPSA) is 103 Å². The van der Waals surface area contributed by atoms with Crippen LogP contribution in [0.1, 0.15) is 33.3 Å². The molecule has 8 nitrogen and oxygen atoms in total. The third-order valence-electron chi connectivity index (χ3n) is 5.75. The molecule has 4 aromatic rings. The fourth-order valence-electron chi connectivity index (χ4n) is 4.24. The highest BCUT2D eigenvalue weighted by molar-refractivity contribution is 6.10. The van der Waals surface area contributed by atoms with Crippen LogP contribution in [0.25, 0.3) is 11.0 Å². The fraction of sp³-hybridized carbons (Fsp3) is 0.120. The summed E-state index contributed by atoms with van der Waals surface area (Å²) in [5.41, 5.74) is 1.76. The number of ether oxygens (including phenoxy) is 1. The van der Waals surface area contributed by atoms with E-state index in [1.165, 1.54) is 30.2 Å². The van der Waals surface area contributed by atoms with Crippen LogP contribution in [-0.4, -0.2) is 17.9 Å². The molecule has 5 rings (SSSR count). The van der Waals surface area contributed by atoms with Gasteiger partial charge in [0.15, 0.2) is 5.43 Å². The second kappa shape index (κ2) is 7.59. The van der Waals surface area contributed by atoms with Crippen LogP contribution in [-0.2, 0) is 0 Å². The third-order valence-corrected chi connectivity index (χ3v) is 5.75. The summed E-state index contributed by atoms with van der Waals surface area (Å²) in [6.07, 6.45) is 0. The molecule has 1 unspecified atom stereocenters. The molecule has 1 atom stereocenters. The second-order valence-electron chi connectivity index (χ2n) is 7.80. The maximum absolute atomic E-state index is 13.6. The van der Waals surface area contributed by atoms with E-state index in [0.29, 0.717) is 28.0 Å². The van der Waals surface area contributed by atoms with Gasteiger partial charge < -0.3 is 9.15 Å². The largest absolute Gasteiger partial charge is 0.497 e. The van der Waals surface area contributed by atoms with Crippen molar-refractivity contribution in [3.8, 4) is 5.75 Å². The number of carbonyl (C=O) groups excluding carboxylic acids is 1. The average molecular weight is 442 g/mol. The van der Waals surface area contributed by atoms with Crippen molar-refractivity contribution in [2.75, 3.05) is 12.0 Å². The molecular weight excluding hydrogens is 424 g/mol. The summed E-state index contributed by atoms with van der Waals surface area (Å²) >= 11 is 0. The first-order valence-corrected chi connectivity index (χ1v) is 10.2. The average Bonchev–Trinajstić information content (AvgIpc) is 3.12. The lowest BCUT2D eigenvalue weighted by Crippen LogP contribution is -2.29. The molecule has 0 radical (unpaired) electrons. The number of methoxy groups -OCH3 is 1. The molecule has 1 amide bonds. The van der Waals surface area contributed by atoms with E-state index in [9.17, 15) is 19.7 Å². The molecule has 1 aliphatic heterocycles. The van der Waals surface area contributed by atoms with Gasteiger partial charge in [0.1, 0.15) is 11.3 Å². The molecule has 0 aliphatic carbocycles. The van der Waals surface area contributed by atoms with Gasteiger partial charge in [0.25, 0.3) is 11.6 Å². The number of fused-ring (bicyclic) bond motifs is 2. The minimum absolute atomic E-state index is 0.0734. The molecule has 0 saturated heterocycles. The van der Waals surface area contributed by atoms with E-state index >= 15 is 0 Å². The van der Waals surface area contributed by atoms with Crippen molar-refractivity contribution >= 4 is 28.3 Å². The summed E-state index contributed by atoms with van der Waals surface area (Å²) in [5, 5.41) is 11.8. The summed E-state index contributed by atoms with van der Waals surface area (Å²) in [6, 6.07) is 17.1. The number of hydrogen-bond donors (Lipinski definition) is 0. The zero-order valence-corrected chi connectivity index (χ0v) is 17.8. The predicted octanol–water partition coefficient (Wildman–Crippen LogP) is 4.77. The van der Waals surface area contributed by atoms with E-state index < -0.39 is 16.9 Å². The first kappa shape index (κ1) is 20.4. The van der Waals surface area contributed by atoms with Gasteiger partial charge in [-0.1, -0.05) is 29.8 Å². The van der Waals surface area contributed by atoms with Gasteiger partial charge in [0.2, 0.25) is 5.76 Å². The normalized spacial score (nSPS) is 15.0. The lowest BCUT2D eigenvalue weighted by Gasteiger charge is -2.25. The van der Waals surface area contributed by atoms with Crippen molar-refractivity contribution < 1.29 is 18.9 Å². The van der Waals surface area contributed by atoms with E-state index in [1.54, 1.807) is 48.5 Å². The number of anilines is 1. The van der Waals surface area contributed by atoms with Crippen LogP contribution >= 0.6 is 0 Å². The lowest BCUT2D eigenvalue weighted by atomic mass is 9.97. The Kier molecular flexibility index (Phi) is 4.70. The minimum atomic E-state index is -0.902. The van der Waals surface area contributed by atoms with Gasteiger partial charge in [-0.25, -0.2) is 0 Å². The molecule has 1 aliphatic rings. The van der Waals surface area contributed by atoms with Crippen molar-refractivity contribution in [1.82, 2.24) is 0 Å². The van der Waals surface area contributed by atoms with Crippen molar-refractivity contribution in [2.45, 2.75) is 13.0 Å². The highest BCUT2D eigenvalue weighted by atomic mass is 16.6. The van der Waals surface area contributed by atoms with E-state index in [-0.39, 0.29) is 22.4 Å². The molecular formula is C25H18N2O6. The second-order valence-corrected chi connectivity index (χ2v) is 7.80. The van der Waals surface area contributed by atoms with Crippen LogP contribution in [0.5, 0.6) is 5.75 Å². The number of carbonyl (C=O) groups is 1. The summed E-state index contributed by atoms with van der Waals surface area (Å²) in [4.78, 5) is 39.5. The number of benzene rings is 3. The van der Waals surface area contributed by atoms with Crippen molar-refractivity contribution in [3.63, 3.8) is 0 Å². The number of amides is 1. The van der Waals surface area contributed by atoms with Crippen molar-refractivity contribution in [2.24, 2.45) is 0 Å². The van der Waals surface area contributed by atoms with Gasteiger partial charge in [0.05, 0.1) is 29.0 Å². The fourth-order valence-corrected chi connectivity index (χ4v) is 4.24. The minimum Gasteiger partial charge on any atom is -0.497 e. The zero-order valence-electron chi connectivity index (χ0n) is 17.8. The van der Waals surface area contributed by atoms with Gasteiger partial charge >= 0.3 is 0 Å². The quantitative estimate of drug-likeness (QED) is 0.333. The predicted molar refractivity (Wildman–Crippen MR) is 122 cm³/mol. The molecule has 0 saturated carbocycles. The molecule has 1 aromatic heterocycles. The summed E-state index contributed by atoms with van der Waals surface area (Å²) in [5.74, 6) is -0.0564. The van der Waals surface area contributed by atoms with Gasteiger partial charge in [-0.3, -0.25) is 24.6 Å². The van der Waals surface area contributed by atoms with Crippen LogP contribution in [0.15, 0.2) is 75.9 Å². The Hall–Kier alpha value is -4.46. The number of non-ortho nitro benzene ring substituents is 1. The Labute approximate surface area is 187 Å². The van der Waals surface area contributed by atoms with Crippen LogP contribution in [0, 0.1) is 17.0 Å². The highest BCUT2D eigenvalue weighted by Crippen LogP contribution is 2.42. The van der Waals surface area contributed by atoms with Gasteiger partial charge in [-0.05, 0) is 36.8 Å². The number of nitro benzene ring substituents is 1. The first-order valence-electron chi connectivity index (χ1n) is 10.2. The van der Waals surface area contributed by atoms with Crippen molar-refractivity contribution in [1.29, 1.82) is 0 Å². The standard InChI is InChI=1S/C25H18N2O6/c1-14-9-10-20-19(11-14)23(28)21-22(15-5-3-7-17(12-15)27(30)31)26(25(29)24(21)33-20)16-6-4-8-18(13-16)32-2/h3-13,22H,1-2H3. The number of hydrogen-bond acceptors (Lipinski definition) is 6. The van der Waals surface area contributed by atoms with Crippen LogP contribution in [0.4, 0.5) is 11.4 Å². The molecule has 33 heavy (non-hydrogen) atoms. The molecule has 0 fully saturated rings. The summed E-state index contributed by atoms with van der Waals surface area (Å²) in [6.45, 7) is 1.86. The SMILES string of the molecule is COc1cccc(N2C(=O)c3oc4ccc(C)cc4c(=O)c3C2c2cccc([N+](=O)[O-])c2)c1. The van der Waals surface area contributed by atoms with Crippen molar-refractivity contribution in [3.05, 3.63) is 110 Å². The Balaban J connectivity index is 1.82. The Morgan fingerprint density at radius 2 is 1.82 bits per heavy atom. The van der Waals surface area contributed by atoms with Gasteiger partial charge in [0, 0.05) is 23.9 Å². The van der Waals surface area contributed by atoms with Gasteiger partial charge in [-0.2, -0.15) is 0 Å². The van der Waals surface area contributed by atoms with E-state index in [2.05, 4.69) is 0 Å². The third kappa shape index (κ3) is 3.23. The summed E-state index contributed by atoms with van der Waals surface area (Å²) in [7, 11) is 1.51. The monoisotopic (exact) mass is 442 g/mol. The Morgan fingerprint density at radius 1 is 1.03 bits per heavy atom. The lowest BCUT2D eigenvalue weighted by molar-refractivity contribution is -0.384. The molecule has 0 spiro atoms. The van der Waals surface area contributed by atoms with Crippen LogP contribution in [0.2, 0.25) is 0 Å². The zero-order chi connectivity index (χ0) is 23.3. The number of nitrogens with zero attached hydrogens (tertiary/aromatic N) is 2. The molecule has 3 aromatic carbocycles. The highest BCUT2D eigenvalue weighted by Gasteiger charge is 2.44. The molecule has 8 heteroatoms. The number of rotatable bonds is 4. The van der Waals surface area contributed by atoms with E-state index in [1.807, 2.05) is 6.92 Å². The summed E-state index contributed by atoms with van der Waals surface area (Å²) < 4.78 is 11.2. The van der Waals surface area contributed by atoms with Crippen LogP contribution in [0.3, 0.4) is 0 Å². The Morgan fingerprint density at radius 3 is 2.58 bits per heavy atom. The molecule has 164 valence electrons. The number of aryl methyl sites for hydroxylation is 1. The molecule has 0 bridgehead atoms.